The van der Waals surface area contributed by atoms with Gasteiger partial charge in [-0.05, 0) is 19.9 Å². The highest BCUT2D eigenvalue weighted by molar-refractivity contribution is 5.81. The fraction of sp³-hybridized carbons (Fsp3) is 0.900. The minimum absolute atomic E-state index is 0.0156. The van der Waals surface area contributed by atoms with E-state index in [0.717, 1.165) is 32.5 Å². The number of aliphatic hydroxyl groups is 1. The first-order valence-corrected chi connectivity index (χ1v) is 5.32. The van der Waals surface area contributed by atoms with Crippen molar-refractivity contribution in [2.45, 2.75) is 18.9 Å². The number of aliphatic hydroxyl groups excluding tert-OH is 1. The Kier molecular flexibility index (Phi) is 2.74. The van der Waals surface area contributed by atoms with Crippen molar-refractivity contribution in [3.05, 3.63) is 0 Å². The van der Waals surface area contributed by atoms with E-state index in [1.54, 1.807) is 0 Å². The van der Waals surface area contributed by atoms with Gasteiger partial charge < -0.3 is 14.9 Å². The number of carbonyl (C=O) groups is 1. The summed E-state index contributed by atoms with van der Waals surface area (Å²) in [5.74, 6) is 0.532. The average Bonchev–Trinajstić information content (AvgIpc) is 3.00. The van der Waals surface area contributed by atoms with Crippen LogP contribution in [-0.4, -0.2) is 60.1 Å². The normalized spacial score (nSPS) is 29.3. The van der Waals surface area contributed by atoms with Gasteiger partial charge in [-0.2, -0.15) is 0 Å². The van der Waals surface area contributed by atoms with Gasteiger partial charge in [0.25, 0.3) is 0 Å². The second-order valence-corrected chi connectivity index (χ2v) is 4.40. The predicted octanol–water partition coefficient (Wildman–Crippen LogP) is -0.469. The second-order valence-electron chi connectivity index (χ2n) is 4.40. The number of nitrogens with zero attached hydrogens (tertiary/aromatic N) is 2. The van der Waals surface area contributed by atoms with E-state index < -0.39 is 0 Å². The van der Waals surface area contributed by atoms with Crippen LogP contribution < -0.4 is 0 Å². The van der Waals surface area contributed by atoms with E-state index in [2.05, 4.69) is 4.90 Å². The van der Waals surface area contributed by atoms with Gasteiger partial charge >= 0.3 is 0 Å². The molecule has 4 nitrogen and oxygen atoms in total. The molecule has 1 atom stereocenters. The number of hydrogen-bond acceptors (Lipinski definition) is 3. The Hall–Kier alpha value is -0.610. The third-order valence-electron chi connectivity index (χ3n) is 3.11. The highest BCUT2D eigenvalue weighted by Gasteiger charge is 2.37. The summed E-state index contributed by atoms with van der Waals surface area (Å²) in [5.41, 5.74) is 0. The summed E-state index contributed by atoms with van der Waals surface area (Å²) in [6.07, 6.45) is 2.09. The average molecular weight is 198 g/mol. The van der Waals surface area contributed by atoms with Crippen LogP contribution in [0.5, 0.6) is 0 Å². The molecule has 0 aromatic carbocycles. The highest BCUT2D eigenvalue weighted by Crippen LogP contribution is 2.32. The molecule has 1 saturated heterocycles. The van der Waals surface area contributed by atoms with Gasteiger partial charge in [0.15, 0.2) is 0 Å². The molecule has 1 aliphatic carbocycles. The van der Waals surface area contributed by atoms with E-state index in [4.69, 9.17) is 0 Å². The van der Waals surface area contributed by atoms with Gasteiger partial charge in [0.1, 0.15) is 0 Å². The summed E-state index contributed by atoms with van der Waals surface area (Å²) < 4.78 is 0. The van der Waals surface area contributed by atoms with Crippen LogP contribution in [0.25, 0.3) is 0 Å². The number of piperazine rings is 1. The SMILES string of the molecule is CN1CCN(C(=O)C2CC2)C(CO)C1. The molecule has 2 rings (SSSR count). The molecule has 0 spiro atoms. The Morgan fingerprint density at radius 2 is 2.14 bits per heavy atom. The van der Waals surface area contributed by atoms with E-state index in [-0.39, 0.29) is 24.5 Å². The molecule has 80 valence electrons. The zero-order valence-electron chi connectivity index (χ0n) is 8.65. The molecule has 4 heteroatoms. The standard InChI is InChI=1S/C10H18N2O2/c1-11-4-5-12(9(6-11)7-13)10(14)8-2-3-8/h8-9,13H,2-7H2,1H3. The third-order valence-corrected chi connectivity index (χ3v) is 3.11. The van der Waals surface area contributed by atoms with Gasteiger partial charge in [-0.3, -0.25) is 4.79 Å². The van der Waals surface area contributed by atoms with Gasteiger partial charge in [0, 0.05) is 25.6 Å². The Morgan fingerprint density at radius 1 is 1.43 bits per heavy atom. The summed E-state index contributed by atoms with van der Waals surface area (Å²) in [6.45, 7) is 2.59. The topological polar surface area (TPSA) is 43.8 Å². The van der Waals surface area contributed by atoms with Crippen LogP contribution in [-0.2, 0) is 4.79 Å². The van der Waals surface area contributed by atoms with Gasteiger partial charge in [0.05, 0.1) is 12.6 Å². The van der Waals surface area contributed by atoms with Crippen molar-refractivity contribution in [1.29, 1.82) is 0 Å². The number of amides is 1. The van der Waals surface area contributed by atoms with E-state index in [1.165, 1.54) is 0 Å². The van der Waals surface area contributed by atoms with Crippen LogP contribution in [0.2, 0.25) is 0 Å². The Morgan fingerprint density at radius 3 is 2.71 bits per heavy atom. The monoisotopic (exact) mass is 198 g/mol. The summed E-state index contributed by atoms with van der Waals surface area (Å²) in [4.78, 5) is 15.9. The number of hydrogen-bond donors (Lipinski definition) is 1. The maximum atomic E-state index is 11.8. The maximum Gasteiger partial charge on any atom is 0.226 e. The molecule has 2 fully saturated rings. The van der Waals surface area contributed by atoms with Crippen LogP contribution in [0.4, 0.5) is 0 Å². The minimum Gasteiger partial charge on any atom is -0.394 e. The van der Waals surface area contributed by atoms with Crippen molar-refractivity contribution in [1.82, 2.24) is 9.80 Å². The molecule has 14 heavy (non-hydrogen) atoms. The van der Waals surface area contributed by atoms with Crippen molar-refractivity contribution in [3.63, 3.8) is 0 Å². The first-order chi connectivity index (χ1) is 6.72. The van der Waals surface area contributed by atoms with Gasteiger partial charge in [-0.1, -0.05) is 0 Å². The Balaban J connectivity index is 1.97. The second kappa shape index (κ2) is 3.87. The zero-order valence-corrected chi connectivity index (χ0v) is 8.65. The van der Waals surface area contributed by atoms with Crippen molar-refractivity contribution >= 4 is 5.91 Å². The lowest BCUT2D eigenvalue weighted by molar-refractivity contribution is -0.138. The molecular weight excluding hydrogens is 180 g/mol. The maximum absolute atomic E-state index is 11.8. The molecule has 1 saturated carbocycles. The molecule has 0 radical (unpaired) electrons. The Bertz CT molecular complexity index is 228. The molecule has 0 aromatic heterocycles. The minimum atomic E-state index is 0.0156. The lowest BCUT2D eigenvalue weighted by Gasteiger charge is -2.39. The summed E-state index contributed by atoms with van der Waals surface area (Å²) in [7, 11) is 2.03. The quantitative estimate of drug-likeness (QED) is 0.652. The smallest absolute Gasteiger partial charge is 0.226 e. The fourth-order valence-corrected chi connectivity index (χ4v) is 2.02. The van der Waals surface area contributed by atoms with Crippen molar-refractivity contribution in [3.8, 4) is 0 Å². The number of carbonyl (C=O) groups excluding carboxylic acids is 1. The molecular formula is C10H18N2O2. The van der Waals surface area contributed by atoms with Crippen LogP contribution in [0, 0.1) is 5.92 Å². The number of likely N-dealkylation sites (N-methyl/N-ethyl adjacent to an activating group) is 1. The van der Waals surface area contributed by atoms with Gasteiger partial charge in [0.2, 0.25) is 5.91 Å². The van der Waals surface area contributed by atoms with E-state index >= 15 is 0 Å². The zero-order chi connectivity index (χ0) is 10.1. The largest absolute Gasteiger partial charge is 0.394 e. The molecule has 0 bridgehead atoms. The molecule has 1 amide bonds. The molecule has 1 N–H and O–H groups in total. The predicted molar refractivity (Wildman–Crippen MR) is 52.8 cm³/mol. The van der Waals surface area contributed by atoms with Crippen molar-refractivity contribution in [2.24, 2.45) is 5.92 Å². The first kappa shape index (κ1) is 9.93. The van der Waals surface area contributed by atoms with E-state index in [9.17, 15) is 9.90 Å². The molecule has 1 aliphatic heterocycles. The van der Waals surface area contributed by atoms with Crippen molar-refractivity contribution < 1.29 is 9.90 Å². The van der Waals surface area contributed by atoms with Crippen LogP contribution in [0.3, 0.4) is 0 Å². The third kappa shape index (κ3) is 1.91. The highest BCUT2D eigenvalue weighted by atomic mass is 16.3. The molecule has 2 aliphatic rings. The summed E-state index contributed by atoms with van der Waals surface area (Å²) >= 11 is 0. The van der Waals surface area contributed by atoms with Crippen LogP contribution >= 0.6 is 0 Å². The van der Waals surface area contributed by atoms with Crippen LogP contribution in [0.15, 0.2) is 0 Å². The van der Waals surface area contributed by atoms with E-state index in [1.807, 2.05) is 11.9 Å². The fourth-order valence-electron chi connectivity index (χ4n) is 2.02. The molecule has 0 aromatic rings. The molecule has 1 unspecified atom stereocenters. The van der Waals surface area contributed by atoms with E-state index in [0.29, 0.717) is 0 Å². The van der Waals surface area contributed by atoms with Crippen molar-refractivity contribution in [2.75, 3.05) is 33.3 Å². The molecule has 1 heterocycles. The lowest BCUT2D eigenvalue weighted by Crippen LogP contribution is -2.55. The summed E-state index contributed by atoms with van der Waals surface area (Å²) in [6, 6.07) is 0.0156. The lowest BCUT2D eigenvalue weighted by atomic mass is 10.1. The Labute approximate surface area is 84.5 Å². The first-order valence-electron chi connectivity index (χ1n) is 5.32. The summed E-state index contributed by atoms with van der Waals surface area (Å²) in [5, 5.41) is 9.21. The number of rotatable bonds is 2. The van der Waals surface area contributed by atoms with Gasteiger partial charge in [-0.15, -0.1) is 0 Å². The van der Waals surface area contributed by atoms with Crippen LogP contribution in [0.1, 0.15) is 12.8 Å². The van der Waals surface area contributed by atoms with Gasteiger partial charge in [-0.25, -0.2) is 0 Å².